The summed E-state index contributed by atoms with van der Waals surface area (Å²) in [4.78, 5) is 66.1. The fourth-order valence-electron chi connectivity index (χ4n) is 4.21. The first-order valence-corrected chi connectivity index (χ1v) is 12.9. The number of nitrogens with zero attached hydrogens (tertiary/aromatic N) is 2. The van der Waals surface area contributed by atoms with Crippen molar-refractivity contribution in [2.75, 3.05) is 39.4 Å². The minimum atomic E-state index is -0.809. The lowest BCUT2D eigenvalue weighted by molar-refractivity contribution is -0.148. The van der Waals surface area contributed by atoms with E-state index in [2.05, 4.69) is 10.6 Å². The predicted octanol–water partition coefficient (Wildman–Crippen LogP) is 1.88. The van der Waals surface area contributed by atoms with Crippen LogP contribution in [0.25, 0.3) is 0 Å². The van der Waals surface area contributed by atoms with Crippen LogP contribution < -0.4 is 10.6 Å². The summed E-state index contributed by atoms with van der Waals surface area (Å²) in [6.45, 7) is 14.1. The van der Waals surface area contributed by atoms with Crippen molar-refractivity contribution in [3.05, 3.63) is 0 Å². The molecule has 0 aromatic carbocycles. The number of likely N-dealkylation sites (tertiary alicyclic amines) is 2. The number of carbonyl (C=O) groups excluding carboxylic acids is 5. The summed E-state index contributed by atoms with van der Waals surface area (Å²) in [5, 5.41) is 5.46. The van der Waals surface area contributed by atoms with Crippen LogP contribution in [0.15, 0.2) is 0 Å². The van der Waals surface area contributed by atoms with Crippen molar-refractivity contribution in [3.8, 4) is 0 Å². The highest BCUT2D eigenvalue weighted by atomic mass is 16.6. The molecule has 4 unspecified atom stereocenters. The largest absolute Gasteiger partial charge is 0.466 e. The molecule has 216 valence electrons. The second-order valence-electron chi connectivity index (χ2n) is 11.3. The van der Waals surface area contributed by atoms with Crippen LogP contribution in [0.3, 0.4) is 0 Å². The van der Waals surface area contributed by atoms with Gasteiger partial charge < -0.3 is 39.4 Å². The first-order chi connectivity index (χ1) is 17.5. The summed E-state index contributed by atoms with van der Waals surface area (Å²) < 4.78 is 21.1. The van der Waals surface area contributed by atoms with Crippen molar-refractivity contribution in [1.82, 2.24) is 20.4 Å². The van der Waals surface area contributed by atoms with Crippen LogP contribution in [0.4, 0.5) is 14.4 Å². The van der Waals surface area contributed by atoms with E-state index in [1.54, 1.807) is 55.4 Å². The van der Waals surface area contributed by atoms with E-state index in [1.807, 2.05) is 0 Å². The third kappa shape index (κ3) is 8.95. The van der Waals surface area contributed by atoms with Gasteiger partial charge in [0, 0.05) is 26.2 Å². The van der Waals surface area contributed by atoms with Crippen LogP contribution >= 0.6 is 0 Å². The van der Waals surface area contributed by atoms with Gasteiger partial charge in [0.15, 0.2) is 0 Å². The van der Waals surface area contributed by atoms with E-state index in [4.69, 9.17) is 18.9 Å². The highest BCUT2D eigenvalue weighted by Gasteiger charge is 2.45. The molecule has 0 aliphatic carbocycles. The molecular weight excluding hydrogens is 500 g/mol. The molecule has 0 spiro atoms. The number of esters is 2. The fraction of sp³-hybridized carbons (Fsp3) is 0.800. The molecule has 0 aromatic rings. The maximum Gasteiger partial charge on any atom is 0.410 e. The van der Waals surface area contributed by atoms with Crippen molar-refractivity contribution in [2.45, 2.75) is 78.7 Å². The molecule has 0 saturated carbocycles. The molecule has 0 bridgehead atoms. The molecule has 2 saturated heterocycles. The molecule has 2 aliphatic rings. The molecule has 13 nitrogen and oxygen atoms in total. The quantitative estimate of drug-likeness (QED) is 0.378. The van der Waals surface area contributed by atoms with E-state index < -0.39 is 65.3 Å². The SMILES string of the molecule is CCOC(=O)C1CN(C(=O)OC(C)(C)C)CC1NC(=O)NC1CN(C(=O)OC(C)(C)C)CC1C(=O)OCC. The van der Waals surface area contributed by atoms with Crippen molar-refractivity contribution >= 4 is 30.2 Å². The number of nitrogens with one attached hydrogen (secondary N) is 2. The van der Waals surface area contributed by atoms with Crippen molar-refractivity contribution in [1.29, 1.82) is 0 Å². The van der Waals surface area contributed by atoms with Gasteiger partial charge in [-0.15, -0.1) is 0 Å². The van der Waals surface area contributed by atoms with Crippen molar-refractivity contribution < 1.29 is 42.9 Å². The van der Waals surface area contributed by atoms with E-state index in [0.717, 1.165) is 0 Å². The second-order valence-corrected chi connectivity index (χ2v) is 11.3. The summed E-state index contributed by atoms with van der Waals surface area (Å²) in [5.41, 5.74) is -1.46. The van der Waals surface area contributed by atoms with Gasteiger partial charge in [0.2, 0.25) is 0 Å². The van der Waals surface area contributed by atoms with Crippen LogP contribution in [0.2, 0.25) is 0 Å². The lowest BCUT2D eigenvalue weighted by Gasteiger charge is -2.25. The first kappa shape index (κ1) is 31.0. The molecule has 2 heterocycles. The summed E-state index contributed by atoms with van der Waals surface area (Å²) in [6, 6.07) is -2.18. The van der Waals surface area contributed by atoms with Crippen LogP contribution in [0.1, 0.15) is 55.4 Å². The summed E-state index contributed by atoms with van der Waals surface area (Å²) in [5.74, 6) is -2.72. The van der Waals surface area contributed by atoms with Gasteiger partial charge >= 0.3 is 30.2 Å². The van der Waals surface area contributed by atoms with Crippen LogP contribution in [0.5, 0.6) is 0 Å². The lowest BCUT2D eigenvalue weighted by Crippen LogP contribution is -2.53. The molecule has 2 N–H and O–H groups in total. The molecule has 0 aromatic heterocycles. The number of carbonyl (C=O) groups is 5. The first-order valence-electron chi connectivity index (χ1n) is 12.9. The van der Waals surface area contributed by atoms with Gasteiger partial charge in [-0.3, -0.25) is 9.59 Å². The minimum Gasteiger partial charge on any atom is -0.466 e. The minimum absolute atomic E-state index is 0.0139. The van der Waals surface area contributed by atoms with E-state index >= 15 is 0 Å². The molecule has 4 atom stereocenters. The fourth-order valence-corrected chi connectivity index (χ4v) is 4.21. The van der Waals surface area contributed by atoms with E-state index in [-0.39, 0.29) is 39.4 Å². The van der Waals surface area contributed by atoms with Gasteiger partial charge in [-0.05, 0) is 55.4 Å². The number of amides is 4. The van der Waals surface area contributed by atoms with E-state index in [0.29, 0.717) is 0 Å². The number of ether oxygens (including phenoxy) is 4. The molecule has 2 rings (SSSR count). The Balaban J connectivity index is 2.13. The molecule has 38 heavy (non-hydrogen) atoms. The van der Waals surface area contributed by atoms with Gasteiger partial charge in [0.25, 0.3) is 0 Å². The average molecular weight is 543 g/mol. The normalized spacial score (nSPS) is 23.5. The maximum absolute atomic E-state index is 13.0. The highest BCUT2D eigenvalue weighted by Crippen LogP contribution is 2.24. The Labute approximate surface area is 223 Å². The molecule has 2 aliphatic heterocycles. The number of hydrogen-bond donors (Lipinski definition) is 2. The third-order valence-electron chi connectivity index (χ3n) is 5.75. The number of rotatable bonds is 6. The molecule has 2 fully saturated rings. The van der Waals surface area contributed by atoms with Gasteiger partial charge in [-0.1, -0.05) is 0 Å². The van der Waals surface area contributed by atoms with E-state index in [1.165, 1.54) is 9.80 Å². The summed E-state index contributed by atoms with van der Waals surface area (Å²) >= 11 is 0. The van der Waals surface area contributed by atoms with Crippen molar-refractivity contribution in [3.63, 3.8) is 0 Å². The smallest absolute Gasteiger partial charge is 0.410 e. The van der Waals surface area contributed by atoms with Crippen LogP contribution in [-0.2, 0) is 28.5 Å². The Kier molecular flexibility index (Phi) is 10.2. The Bertz CT molecular complexity index is 826. The summed E-state index contributed by atoms with van der Waals surface area (Å²) in [6.07, 6.45) is -1.22. The van der Waals surface area contributed by atoms with Gasteiger partial charge in [0.05, 0.1) is 37.1 Å². The van der Waals surface area contributed by atoms with Gasteiger partial charge in [-0.2, -0.15) is 0 Å². The van der Waals surface area contributed by atoms with Crippen LogP contribution in [0, 0.1) is 11.8 Å². The molecule has 0 radical (unpaired) electrons. The molecule has 4 amide bonds. The average Bonchev–Trinajstić information content (AvgIpc) is 3.36. The summed E-state index contributed by atoms with van der Waals surface area (Å²) in [7, 11) is 0. The Morgan fingerprint density at radius 3 is 1.29 bits per heavy atom. The Morgan fingerprint density at radius 2 is 1.00 bits per heavy atom. The Morgan fingerprint density at radius 1 is 0.658 bits per heavy atom. The van der Waals surface area contributed by atoms with E-state index in [9.17, 15) is 24.0 Å². The van der Waals surface area contributed by atoms with Crippen LogP contribution in [-0.4, -0.2) is 103 Å². The standard InChI is InChI=1S/C25H42N4O9/c1-9-35-19(30)15-11-28(22(33)37-24(3,4)5)13-17(15)26-21(32)27-18-14-29(23(34)38-25(6,7)8)12-16(18)20(31)36-10-2/h15-18H,9-14H2,1-8H3,(H2,26,27,32). The van der Waals surface area contributed by atoms with Gasteiger partial charge in [0.1, 0.15) is 11.2 Å². The zero-order valence-corrected chi connectivity index (χ0v) is 23.6. The number of hydrogen-bond acceptors (Lipinski definition) is 9. The topological polar surface area (TPSA) is 153 Å². The predicted molar refractivity (Wildman–Crippen MR) is 135 cm³/mol. The second kappa shape index (κ2) is 12.5. The van der Waals surface area contributed by atoms with Gasteiger partial charge in [-0.25, -0.2) is 14.4 Å². The Hall–Kier alpha value is -3.25. The molecular formula is C25H42N4O9. The molecule has 13 heteroatoms. The third-order valence-corrected chi connectivity index (χ3v) is 5.75. The monoisotopic (exact) mass is 542 g/mol. The van der Waals surface area contributed by atoms with Crippen molar-refractivity contribution in [2.24, 2.45) is 11.8 Å². The lowest BCUT2D eigenvalue weighted by atomic mass is 10.0. The highest BCUT2D eigenvalue weighted by molar-refractivity contribution is 5.82. The zero-order valence-electron chi connectivity index (χ0n) is 23.6. The maximum atomic E-state index is 13.0. The number of urea groups is 1. The zero-order chi connectivity index (χ0) is 28.8.